The average molecular weight is 529 g/mol. The number of carbonyl (C=O) groups is 1. The van der Waals surface area contributed by atoms with Crippen molar-refractivity contribution in [3.63, 3.8) is 0 Å². The molecule has 1 heterocycles. The van der Waals surface area contributed by atoms with E-state index in [1.165, 1.54) is 30.5 Å². The lowest BCUT2D eigenvalue weighted by Crippen LogP contribution is -2.24. The fourth-order valence-corrected chi connectivity index (χ4v) is 3.43. The molecule has 1 atom stereocenters. The fourth-order valence-electron chi connectivity index (χ4n) is 2.57. The normalized spacial score (nSPS) is 12.2. The molecule has 1 unspecified atom stereocenters. The topological polar surface area (TPSA) is 77.5 Å². The molecule has 32 heavy (non-hydrogen) atoms. The van der Waals surface area contributed by atoms with Crippen molar-refractivity contribution in [2.45, 2.75) is 17.8 Å². The van der Waals surface area contributed by atoms with Gasteiger partial charge in [0.1, 0.15) is 11.5 Å². The van der Waals surface area contributed by atoms with Crippen molar-refractivity contribution in [1.82, 2.24) is 10.3 Å². The number of amides is 1. The van der Waals surface area contributed by atoms with E-state index < -0.39 is 28.8 Å². The molecule has 0 saturated heterocycles. The standard InChI is InChI=1S/C21H16BrF3N2O4S/c1-32(29)17-7-5-16(6-8-17)30-19-9-3-14(12-26-19)20(28)27-11-13-2-4-15(22)10-18(13)31-21(23,24)25/h2-10,12H,11H2,1H3,(H,27,28). The van der Waals surface area contributed by atoms with Crippen LogP contribution in [0.3, 0.4) is 0 Å². The molecule has 3 rings (SSSR count). The van der Waals surface area contributed by atoms with Crippen LogP contribution in [-0.2, 0) is 17.3 Å². The third-order valence-electron chi connectivity index (χ3n) is 4.07. The van der Waals surface area contributed by atoms with Gasteiger partial charge in [0.25, 0.3) is 5.91 Å². The Balaban J connectivity index is 1.62. The third kappa shape index (κ3) is 6.79. The Labute approximate surface area is 192 Å². The Morgan fingerprint density at radius 3 is 2.44 bits per heavy atom. The number of alkyl halides is 3. The largest absolute Gasteiger partial charge is 0.573 e. The van der Waals surface area contributed by atoms with Gasteiger partial charge in [-0.3, -0.25) is 9.00 Å². The van der Waals surface area contributed by atoms with E-state index in [0.29, 0.717) is 15.1 Å². The van der Waals surface area contributed by atoms with Crippen LogP contribution >= 0.6 is 15.9 Å². The molecule has 1 N–H and O–H groups in total. The maximum absolute atomic E-state index is 12.6. The number of nitrogens with one attached hydrogen (secondary N) is 1. The van der Waals surface area contributed by atoms with Gasteiger partial charge in [0.2, 0.25) is 5.88 Å². The van der Waals surface area contributed by atoms with Crippen molar-refractivity contribution in [1.29, 1.82) is 0 Å². The molecular formula is C21H16BrF3N2O4S. The molecule has 168 valence electrons. The summed E-state index contributed by atoms with van der Waals surface area (Å²) in [6, 6.07) is 13.7. The Morgan fingerprint density at radius 2 is 1.84 bits per heavy atom. The minimum absolute atomic E-state index is 0.156. The minimum atomic E-state index is -4.85. The number of benzene rings is 2. The quantitative estimate of drug-likeness (QED) is 0.455. The molecule has 6 nitrogen and oxygen atoms in total. The highest BCUT2D eigenvalue weighted by atomic mass is 79.9. The number of hydrogen-bond acceptors (Lipinski definition) is 5. The number of aromatic nitrogens is 1. The summed E-state index contributed by atoms with van der Waals surface area (Å²) in [5.74, 6) is -0.219. The zero-order valence-electron chi connectivity index (χ0n) is 16.5. The molecule has 0 saturated carbocycles. The Kier molecular flexibility index (Phi) is 7.52. The summed E-state index contributed by atoms with van der Waals surface area (Å²) >= 11 is 3.09. The van der Waals surface area contributed by atoms with Gasteiger partial charge in [0.05, 0.1) is 5.56 Å². The summed E-state index contributed by atoms with van der Waals surface area (Å²) in [5, 5.41) is 2.54. The monoisotopic (exact) mass is 528 g/mol. The lowest BCUT2D eigenvalue weighted by Gasteiger charge is -2.14. The molecule has 1 amide bonds. The lowest BCUT2D eigenvalue weighted by atomic mass is 10.2. The van der Waals surface area contributed by atoms with Crippen LogP contribution < -0.4 is 14.8 Å². The van der Waals surface area contributed by atoms with Crippen LogP contribution in [0, 0.1) is 0 Å². The van der Waals surface area contributed by atoms with Gasteiger partial charge >= 0.3 is 6.36 Å². The summed E-state index contributed by atoms with van der Waals surface area (Å²) in [5.41, 5.74) is 0.354. The first-order valence-corrected chi connectivity index (χ1v) is 11.4. The molecular weight excluding hydrogens is 513 g/mol. The highest BCUT2D eigenvalue weighted by Gasteiger charge is 2.32. The van der Waals surface area contributed by atoms with E-state index in [9.17, 15) is 22.2 Å². The first kappa shape index (κ1) is 23.7. The summed E-state index contributed by atoms with van der Waals surface area (Å²) in [4.78, 5) is 17.1. The van der Waals surface area contributed by atoms with Crippen molar-refractivity contribution in [3.05, 3.63) is 76.4 Å². The highest BCUT2D eigenvalue weighted by Crippen LogP contribution is 2.29. The molecule has 3 aromatic rings. The number of ether oxygens (including phenoxy) is 2. The molecule has 2 aromatic carbocycles. The van der Waals surface area contributed by atoms with E-state index in [1.54, 1.807) is 36.6 Å². The van der Waals surface area contributed by atoms with E-state index in [0.717, 1.165) is 0 Å². The Bertz CT molecular complexity index is 1120. The average Bonchev–Trinajstić information content (AvgIpc) is 2.73. The second kappa shape index (κ2) is 10.1. The van der Waals surface area contributed by atoms with Crippen molar-refractivity contribution in [2.75, 3.05) is 6.26 Å². The van der Waals surface area contributed by atoms with E-state index in [-0.39, 0.29) is 23.6 Å². The van der Waals surface area contributed by atoms with Gasteiger partial charge in [-0.2, -0.15) is 0 Å². The van der Waals surface area contributed by atoms with E-state index in [2.05, 4.69) is 31.0 Å². The minimum Gasteiger partial charge on any atom is -0.439 e. The molecule has 0 aliphatic heterocycles. The van der Waals surface area contributed by atoms with Crippen molar-refractivity contribution in [2.24, 2.45) is 0 Å². The summed E-state index contributed by atoms with van der Waals surface area (Å²) in [6.07, 6.45) is -2.00. The second-order valence-corrected chi connectivity index (χ2v) is 8.69. The molecule has 0 aliphatic carbocycles. The zero-order valence-corrected chi connectivity index (χ0v) is 18.9. The molecule has 0 aliphatic rings. The Hall–Kier alpha value is -2.92. The van der Waals surface area contributed by atoms with E-state index in [1.807, 2.05) is 0 Å². The summed E-state index contributed by atoms with van der Waals surface area (Å²) < 4.78 is 59.2. The van der Waals surface area contributed by atoms with Crippen LogP contribution in [0.4, 0.5) is 13.2 Å². The van der Waals surface area contributed by atoms with Crippen molar-refractivity contribution < 1.29 is 31.6 Å². The maximum Gasteiger partial charge on any atom is 0.573 e. The highest BCUT2D eigenvalue weighted by molar-refractivity contribution is 9.10. The van der Waals surface area contributed by atoms with E-state index in [4.69, 9.17) is 4.74 Å². The van der Waals surface area contributed by atoms with Gasteiger partial charge in [-0.1, -0.05) is 22.0 Å². The first-order chi connectivity index (χ1) is 15.1. The smallest absolute Gasteiger partial charge is 0.439 e. The van der Waals surface area contributed by atoms with Gasteiger partial charge in [-0.25, -0.2) is 4.98 Å². The summed E-state index contributed by atoms with van der Waals surface area (Å²) in [6.45, 7) is -0.180. The second-order valence-electron chi connectivity index (χ2n) is 6.40. The number of halogens is 4. The fraction of sp³-hybridized carbons (Fsp3) is 0.143. The summed E-state index contributed by atoms with van der Waals surface area (Å²) in [7, 11) is -1.10. The Morgan fingerprint density at radius 1 is 1.12 bits per heavy atom. The zero-order chi connectivity index (χ0) is 23.3. The predicted molar refractivity (Wildman–Crippen MR) is 115 cm³/mol. The number of rotatable bonds is 7. The molecule has 0 spiro atoms. The van der Waals surface area contributed by atoms with Gasteiger partial charge in [-0.05, 0) is 42.5 Å². The molecule has 0 bridgehead atoms. The number of carbonyl (C=O) groups excluding carboxylic acids is 1. The van der Waals surface area contributed by atoms with Gasteiger partial charge < -0.3 is 14.8 Å². The van der Waals surface area contributed by atoms with Crippen molar-refractivity contribution in [3.8, 4) is 17.4 Å². The van der Waals surface area contributed by atoms with Crippen LogP contribution in [-0.4, -0.2) is 27.7 Å². The van der Waals surface area contributed by atoms with Crippen LogP contribution in [0.5, 0.6) is 17.4 Å². The lowest BCUT2D eigenvalue weighted by molar-refractivity contribution is -0.274. The van der Waals surface area contributed by atoms with Crippen LogP contribution in [0.1, 0.15) is 15.9 Å². The maximum atomic E-state index is 12.6. The van der Waals surface area contributed by atoms with Gasteiger partial charge in [-0.15, -0.1) is 13.2 Å². The van der Waals surface area contributed by atoms with Crippen LogP contribution in [0.15, 0.2) is 70.2 Å². The van der Waals surface area contributed by atoms with Gasteiger partial charge in [0.15, 0.2) is 0 Å². The molecule has 0 fully saturated rings. The molecule has 11 heteroatoms. The first-order valence-electron chi connectivity index (χ1n) is 9.00. The van der Waals surface area contributed by atoms with Crippen LogP contribution in [0.25, 0.3) is 0 Å². The number of nitrogens with zero attached hydrogens (tertiary/aromatic N) is 1. The van der Waals surface area contributed by atoms with Crippen LogP contribution in [0.2, 0.25) is 0 Å². The number of hydrogen-bond donors (Lipinski definition) is 1. The molecule has 0 radical (unpaired) electrons. The van der Waals surface area contributed by atoms with E-state index >= 15 is 0 Å². The SMILES string of the molecule is CS(=O)c1ccc(Oc2ccc(C(=O)NCc3ccc(Br)cc3OC(F)(F)F)cn2)cc1. The van der Waals surface area contributed by atoms with Gasteiger partial charge in [0, 0.05) is 50.8 Å². The molecule has 1 aromatic heterocycles. The third-order valence-corrected chi connectivity index (χ3v) is 5.50. The number of pyridine rings is 1. The predicted octanol–water partition coefficient (Wildman–Crippen LogP) is 5.20. The van der Waals surface area contributed by atoms with Crippen molar-refractivity contribution >= 4 is 32.6 Å².